The fraction of sp³-hybridized carbons (Fsp3) is 0.125. The van der Waals surface area contributed by atoms with Gasteiger partial charge in [-0.1, -0.05) is 35.6 Å². The number of carbonyl (C=O) groups is 2. The van der Waals surface area contributed by atoms with Crippen molar-refractivity contribution in [2.75, 3.05) is 6.61 Å². The summed E-state index contributed by atoms with van der Waals surface area (Å²) in [5.41, 5.74) is 1.17. The Bertz CT molecular complexity index is 2200. The molecular formula is C32H23N3O9S. The van der Waals surface area contributed by atoms with Gasteiger partial charge in [0.25, 0.3) is 11.2 Å². The molecule has 1 N–H and O–H groups in total. The van der Waals surface area contributed by atoms with E-state index >= 15 is 0 Å². The third-order valence-corrected chi connectivity index (χ3v) is 8.05. The number of carboxylic acid groups (broad SMARTS) is 1. The predicted octanol–water partition coefficient (Wildman–Crippen LogP) is 4.92. The number of nitro benzene ring substituents is 1. The molecule has 12 nitrogen and oxygen atoms in total. The number of rotatable bonds is 8. The highest BCUT2D eigenvalue weighted by Crippen LogP contribution is 2.35. The highest BCUT2D eigenvalue weighted by molar-refractivity contribution is 7.07. The summed E-state index contributed by atoms with van der Waals surface area (Å²) in [6.07, 6.45) is 1.57. The van der Waals surface area contributed by atoms with Crippen LogP contribution in [0.2, 0.25) is 0 Å². The van der Waals surface area contributed by atoms with E-state index in [0.717, 1.165) is 11.3 Å². The normalized spacial score (nSPS) is 14.6. The fourth-order valence-electron chi connectivity index (χ4n) is 4.98. The van der Waals surface area contributed by atoms with Crippen LogP contribution >= 0.6 is 11.3 Å². The van der Waals surface area contributed by atoms with Crippen molar-refractivity contribution in [3.63, 3.8) is 0 Å². The van der Waals surface area contributed by atoms with Crippen molar-refractivity contribution < 1.29 is 33.2 Å². The van der Waals surface area contributed by atoms with E-state index in [1.165, 1.54) is 34.9 Å². The summed E-state index contributed by atoms with van der Waals surface area (Å²) >= 11 is 1.10. The number of ether oxygens (including phenoxy) is 1. The summed E-state index contributed by atoms with van der Waals surface area (Å²) in [6, 6.07) is 17.8. The molecule has 0 unspecified atom stereocenters. The molecule has 1 atom stereocenters. The van der Waals surface area contributed by atoms with Gasteiger partial charge in [0.1, 0.15) is 29.1 Å². The Morgan fingerprint density at radius 2 is 1.80 bits per heavy atom. The van der Waals surface area contributed by atoms with Crippen LogP contribution in [0.1, 0.15) is 41.8 Å². The van der Waals surface area contributed by atoms with Crippen LogP contribution in [-0.4, -0.2) is 33.1 Å². The second-order valence-corrected chi connectivity index (χ2v) is 10.9. The summed E-state index contributed by atoms with van der Waals surface area (Å²) in [5, 5.41) is 20.5. The van der Waals surface area contributed by atoms with Gasteiger partial charge in [0.05, 0.1) is 32.9 Å². The van der Waals surface area contributed by atoms with Gasteiger partial charge in [-0.15, -0.1) is 0 Å². The van der Waals surface area contributed by atoms with Crippen LogP contribution in [0.5, 0.6) is 0 Å². The number of fused-ring (bicyclic) bond motifs is 1. The molecule has 2 aromatic carbocycles. The zero-order chi connectivity index (χ0) is 31.8. The number of nitrogens with zero attached hydrogens (tertiary/aromatic N) is 3. The van der Waals surface area contributed by atoms with Crippen LogP contribution in [0, 0.1) is 10.1 Å². The van der Waals surface area contributed by atoms with E-state index in [0.29, 0.717) is 38.9 Å². The Hall–Kier alpha value is -5.82. The number of nitro groups is 1. The number of carbonyl (C=O) groups excluding carboxylic acids is 1. The molecular weight excluding hydrogens is 602 g/mol. The molecule has 0 spiro atoms. The Balaban J connectivity index is 1.43. The molecule has 0 saturated heterocycles. The van der Waals surface area contributed by atoms with Gasteiger partial charge in [-0.25, -0.2) is 14.6 Å². The van der Waals surface area contributed by atoms with E-state index in [2.05, 4.69) is 4.99 Å². The molecule has 1 aliphatic heterocycles. The summed E-state index contributed by atoms with van der Waals surface area (Å²) in [4.78, 5) is 53.9. The van der Waals surface area contributed by atoms with E-state index in [1.54, 1.807) is 62.4 Å². The van der Waals surface area contributed by atoms with Crippen molar-refractivity contribution in [3.8, 4) is 22.6 Å². The van der Waals surface area contributed by atoms with Gasteiger partial charge < -0.3 is 18.7 Å². The number of hydrogen-bond acceptors (Lipinski definition) is 10. The largest absolute Gasteiger partial charge is 0.478 e. The Morgan fingerprint density at radius 3 is 2.51 bits per heavy atom. The number of carboxylic acids is 1. The maximum absolute atomic E-state index is 13.9. The van der Waals surface area contributed by atoms with E-state index in [4.69, 9.17) is 18.7 Å². The first kappa shape index (κ1) is 29.3. The predicted molar refractivity (Wildman–Crippen MR) is 162 cm³/mol. The van der Waals surface area contributed by atoms with Crippen LogP contribution in [0.15, 0.2) is 103 Å². The van der Waals surface area contributed by atoms with Gasteiger partial charge in [0, 0.05) is 29.3 Å². The second kappa shape index (κ2) is 11.7. The number of hydrogen-bond donors (Lipinski definition) is 1. The van der Waals surface area contributed by atoms with Crippen LogP contribution in [-0.2, 0) is 9.53 Å². The second-order valence-electron chi connectivity index (χ2n) is 9.90. The summed E-state index contributed by atoms with van der Waals surface area (Å²) < 4.78 is 19.0. The molecule has 0 radical (unpaired) electrons. The molecule has 0 bridgehead atoms. The molecule has 3 aromatic heterocycles. The first-order chi connectivity index (χ1) is 21.6. The van der Waals surface area contributed by atoms with Crippen molar-refractivity contribution in [2.24, 2.45) is 4.99 Å². The maximum atomic E-state index is 13.9. The Kier molecular flexibility index (Phi) is 7.60. The molecule has 5 aromatic rings. The molecule has 6 rings (SSSR count). The topological polar surface area (TPSA) is 167 Å². The number of esters is 1. The van der Waals surface area contributed by atoms with Crippen LogP contribution in [0.25, 0.3) is 28.7 Å². The summed E-state index contributed by atoms with van der Waals surface area (Å²) in [6.45, 7) is 3.42. The smallest absolute Gasteiger partial charge is 0.338 e. The number of benzene rings is 2. The van der Waals surface area contributed by atoms with Crippen LogP contribution in [0.4, 0.5) is 5.69 Å². The van der Waals surface area contributed by atoms with E-state index in [9.17, 15) is 24.5 Å². The lowest BCUT2D eigenvalue weighted by atomic mass is 10.0. The maximum Gasteiger partial charge on any atom is 0.338 e. The molecule has 4 heterocycles. The minimum absolute atomic E-state index is 0.101. The van der Waals surface area contributed by atoms with Gasteiger partial charge >= 0.3 is 11.9 Å². The average molecular weight is 626 g/mol. The third kappa shape index (κ3) is 5.52. The van der Waals surface area contributed by atoms with Crippen LogP contribution in [0.3, 0.4) is 0 Å². The van der Waals surface area contributed by atoms with Crippen molar-refractivity contribution in [2.45, 2.75) is 19.9 Å². The fourth-order valence-corrected chi connectivity index (χ4v) is 6.01. The molecule has 0 fully saturated rings. The minimum Gasteiger partial charge on any atom is -0.478 e. The number of non-ortho nitro benzene ring substituents is 1. The zero-order valence-electron chi connectivity index (χ0n) is 23.8. The standard InChI is InChI=1S/C32H23N3O9S/c1-3-42-31(39)27-17(2)33-32-34(28(27)25-14-13-24(44-25)20-5-4-6-21(15-20)35(40)41)29(36)26(45-32)16-22-11-12-23(43-22)18-7-9-19(10-8-18)30(37)38/h4-16,28H,3H2,1-2H3,(H,37,38)/b26-16-/t28-/m1/s1. The number of aromatic nitrogens is 1. The molecule has 0 aliphatic carbocycles. The van der Waals surface area contributed by atoms with Crippen molar-refractivity contribution in [1.29, 1.82) is 0 Å². The molecule has 45 heavy (non-hydrogen) atoms. The van der Waals surface area contributed by atoms with Crippen molar-refractivity contribution in [3.05, 3.63) is 131 Å². The Labute approximate surface area is 257 Å². The molecule has 0 amide bonds. The van der Waals surface area contributed by atoms with Gasteiger partial charge in [0.15, 0.2) is 4.80 Å². The number of allylic oxidation sites excluding steroid dienone is 1. The SMILES string of the molecule is CCOC(=O)C1=C(C)N=c2s/c(=C\c3ccc(-c4ccc(C(=O)O)cc4)o3)c(=O)n2[C@@H]1c1ccc(-c2cccc([N+](=O)[O-])c2)o1. The van der Waals surface area contributed by atoms with Gasteiger partial charge in [-0.3, -0.25) is 19.5 Å². The summed E-state index contributed by atoms with van der Waals surface area (Å²) in [7, 11) is 0. The minimum atomic E-state index is -1.04. The quantitative estimate of drug-likeness (QED) is 0.143. The van der Waals surface area contributed by atoms with Gasteiger partial charge in [-0.2, -0.15) is 0 Å². The lowest BCUT2D eigenvalue weighted by Gasteiger charge is -2.22. The molecule has 0 saturated carbocycles. The monoisotopic (exact) mass is 625 g/mol. The average Bonchev–Trinajstić information content (AvgIpc) is 3.77. The lowest BCUT2D eigenvalue weighted by Crippen LogP contribution is -2.39. The molecule has 226 valence electrons. The van der Waals surface area contributed by atoms with E-state index < -0.39 is 28.5 Å². The number of thiazole rings is 1. The van der Waals surface area contributed by atoms with Gasteiger partial charge in [-0.05, 0) is 50.2 Å². The number of aromatic carboxylic acids is 1. The van der Waals surface area contributed by atoms with E-state index in [1.807, 2.05) is 0 Å². The highest BCUT2D eigenvalue weighted by atomic mass is 32.1. The third-order valence-electron chi connectivity index (χ3n) is 7.07. The molecule has 1 aliphatic rings. The highest BCUT2D eigenvalue weighted by Gasteiger charge is 2.35. The number of furan rings is 2. The summed E-state index contributed by atoms with van der Waals surface area (Å²) in [5.74, 6) is -0.280. The van der Waals surface area contributed by atoms with E-state index in [-0.39, 0.29) is 33.7 Å². The van der Waals surface area contributed by atoms with Crippen molar-refractivity contribution in [1.82, 2.24) is 4.57 Å². The lowest BCUT2D eigenvalue weighted by molar-refractivity contribution is -0.384. The zero-order valence-corrected chi connectivity index (χ0v) is 24.6. The molecule has 13 heteroatoms. The van der Waals surface area contributed by atoms with Gasteiger partial charge in [0.2, 0.25) is 0 Å². The van der Waals surface area contributed by atoms with Crippen LogP contribution < -0.4 is 14.9 Å². The van der Waals surface area contributed by atoms with Crippen molar-refractivity contribution >= 4 is 35.0 Å². The first-order valence-corrected chi connectivity index (χ1v) is 14.4. The first-order valence-electron chi connectivity index (χ1n) is 13.6. The Morgan fingerprint density at radius 1 is 1.07 bits per heavy atom.